The maximum absolute atomic E-state index is 12.3. The molecule has 0 radical (unpaired) electrons. The van der Waals surface area contributed by atoms with Crippen LogP contribution in [0, 0.1) is 0 Å². The smallest absolute Gasteiger partial charge is 0.313 e. The van der Waals surface area contributed by atoms with Gasteiger partial charge in [0.25, 0.3) is 0 Å². The Labute approximate surface area is 164 Å². The molecule has 6 heteroatoms. The summed E-state index contributed by atoms with van der Waals surface area (Å²) in [4.78, 5) is 37.6. The van der Waals surface area contributed by atoms with E-state index in [9.17, 15) is 19.5 Å². The van der Waals surface area contributed by atoms with Gasteiger partial charge < -0.3 is 15.3 Å². The van der Waals surface area contributed by atoms with E-state index in [2.05, 4.69) is 5.32 Å². The first kappa shape index (κ1) is 19.6. The van der Waals surface area contributed by atoms with Gasteiger partial charge in [-0.3, -0.25) is 14.4 Å². The topological polar surface area (TPSA) is 86.7 Å². The minimum Gasteiger partial charge on any atom is -0.481 e. The average molecular weight is 380 g/mol. The summed E-state index contributed by atoms with van der Waals surface area (Å²) in [6.07, 6.45) is 1.37. The monoisotopic (exact) mass is 380 g/mol. The molecule has 2 aromatic carbocycles. The molecule has 0 unspecified atom stereocenters. The van der Waals surface area contributed by atoms with Crippen molar-refractivity contribution in [2.24, 2.45) is 0 Å². The fraction of sp³-hybridized carbons (Fsp3) is 0.318. The number of benzene rings is 2. The molecule has 1 aliphatic rings. The van der Waals surface area contributed by atoms with Gasteiger partial charge in [0.05, 0.1) is 5.41 Å². The summed E-state index contributed by atoms with van der Waals surface area (Å²) in [5.41, 5.74) is 2.27. The first-order chi connectivity index (χ1) is 13.3. The van der Waals surface area contributed by atoms with Crippen molar-refractivity contribution in [1.82, 2.24) is 0 Å². The number of rotatable bonds is 6. The van der Waals surface area contributed by atoms with Crippen molar-refractivity contribution in [2.45, 2.75) is 38.5 Å². The third-order valence-corrected chi connectivity index (χ3v) is 5.18. The molecule has 0 atom stereocenters. The highest BCUT2D eigenvalue weighted by Crippen LogP contribution is 2.28. The standard InChI is InChI=1S/C22H24N2O4/c1-22(2,21(27)28)16-8-10-17(11-9-16)23-19(25)13-14-24-18-6-4-3-5-15(18)7-12-20(24)26/h3-6,8-11H,7,12-14H2,1-2H3,(H,23,25)(H,27,28). The van der Waals surface area contributed by atoms with Crippen LogP contribution < -0.4 is 10.2 Å². The van der Waals surface area contributed by atoms with Crippen LogP contribution in [-0.2, 0) is 26.2 Å². The Kier molecular flexibility index (Phi) is 5.49. The molecule has 2 N–H and O–H groups in total. The molecule has 0 spiro atoms. The van der Waals surface area contributed by atoms with Crippen molar-refractivity contribution in [1.29, 1.82) is 0 Å². The van der Waals surface area contributed by atoms with Crippen LogP contribution in [0.2, 0.25) is 0 Å². The normalized spacial score (nSPS) is 13.8. The van der Waals surface area contributed by atoms with Crippen LogP contribution in [-0.4, -0.2) is 29.4 Å². The molecule has 1 aliphatic heterocycles. The zero-order valence-corrected chi connectivity index (χ0v) is 16.1. The number of carboxylic acid groups (broad SMARTS) is 1. The van der Waals surface area contributed by atoms with E-state index < -0.39 is 11.4 Å². The molecule has 2 amide bonds. The quantitative estimate of drug-likeness (QED) is 0.805. The molecular weight excluding hydrogens is 356 g/mol. The third kappa shape index (κ3) is 4.06. The summed E-state index contributed by atoms with van der Waals surface area (Å²) in [7, 11) is 0. The van der Waals surface area contributed by atoms with E-state index in [1.54, 1.807) is 43.0 Å². The van der Waals surface area contributed by atoms with Crippen molar-refractivity contribution >= 4 is 29.2 Å². The number of carbonyl (C=O) groups is 3. The molecule has 0 aromatic heterocycles. The number of aryl methyl sites for hydroxylation is 1. The summed E-state index contributed by atoms with van der Waals surface area (Å²) < 4.78 is 0. The Hall–Kier alpha value is -3.15. The van der Waals surface area contributed by atoms with Crippen LogP contribution in [0.5, 0.6) is 0 Å². The van der Waals surface area contributed by atoms with Gasteiger partial charge in [-0.05, 0) is 49.6 Å². The van der Waals surface area contributed by atoms with Crippen molar-refractivity contribution in [2.75, 3.05) is 16.8 Å². The van der Waals surface area contributed by atoms with Gasteiger partial charge in [-0.1, -0.05) is 30.3 Å². The van der Waals surface area contributed by atoms with Crippen LogP contribution in [0.25, 0.3) is 0 Å². The van der Waals surface area contributed by atoms with Crippen molar-refractivity contribution in [3.63, 3.8) is 0 Å². The van der Waals surface area contributed by atoms with Crippen LogP contribution in [0.1, 0.15) is 37.8 Å². The number of hydrogen-bond acceptors (Lipinski definition) is 3. The maximum atomic E-state index is 12.3. The Morgan fingerprint density at radius 2 is 1.75 bits per heavy atom. The van der Waals surface area contributed by atoms with Crippen molar-refractivity contribution < 1.29 is 19.5 Å². The number of para-hydroxylation sites is 1. The largest absolute Gasteiger partial charge is 0.481 e. The lowest BCUT2D eigenvalue weighted by molar-refractivity contribution is -0.142. The van der Waals surface area contributed by atoms with E-state index in [4.69, 9.17) is 0 Å². The van der Waals surface area contributed by atoms with E-state index in [1.807, 2.05) is 24.3 Å². The average Bonchev–Trinajstić information content (AvgIpc) is 2.67. The number of carboxylic acids is 1. The maximum Gasteiger partial charge on any atom is 0.313 e. The van der Waals surface area contributed by atoms with Crippen molar-refractivity contribution in [3.05, 3.63) is 59.7 Å². The highest BCUT2D eigenvalue weighted by atomic mass is 16.4. The zero-order valence-electron chi connectivity index (χ0n) is 16.1. The molecule has 1 heterocycles. The number of carbonyl (C=O) groups excluding carboxylic acids is 2. The second kappa shape index (κ2) is 7.84. The number of nitrogens with zero attached hydrogens (tertiary/aromatic N) is 1. The van der Waals surface area contributed by atoms with E-state index >= 15 is 0 Å². The minimum absolute atomic E-state index is 0.0340. The Bertz CT molecular complexity index is 903. The molecular formula is C22H24N2O4. The molecule has 3 rings (SSSR count). The lowest BCUT2D eigenvalue weighted by Gasteiger charge is -2.29. The molecule has 0 bridgehead atoms. The third-order valence-electron chi connectivity index (χ3n) is 5.18. The number of nitrogens with one attached hydrogen (secondary N) is 1. The number of anilines is 2. The summed E-state index contributed by atoms with van der Waals surface area (Å²) in [6.45, 7) is 3.60. The molecule has 0 saturated heterocycles. The van der Waals surface area contributed by atoms with E-state index in [0.717, 1.165) is 17.7 Å². The highest BCUT2D eigenvalue weighted by molar-refractivity contribution is 5.98. The number of aliphatic carboxylic acids is 1. The molecule has 2 aromatic rings. The van der Waals surface area contributed by atoms with Gasteiger partial charge >= 0.3 is 5.97 Å². The summed E-state index contributed by atoms with van der Waals surface area (Å²) >= 11 is 0. The van der Waals surface area contributed by atoms with Crippen LogP contribution >= 0.6 is 0 Å². The fourth-order valence-electron chi connectivity index (χ4n) is 3.27. The lowest BCUT2D eigenvalue weighted by Crippen LogP contribution is -2.37. The lowest BCUT2D eigenvalue weighted by atomic mass is 9.85. The molecule has 28 heavy (non-hydrogen) atoms. The van der Waals surface area contributed by atoms with Crippen molar-refractivity contribution in [3.8, 4) is 0 Å². The number of hydrogen-bond donors (Lipinski definition) is 2. The molecule has 0 fully saturated rings. The van der Waals surface area contributed by atoms with Gasteiger partial charge in [0.15, 0.2) is 0 Å². The van der Waals surface area contributed by atoms with E-state index in [-0.39, 0.29) is 18.2 Å². The van der Waals surface area contributed by atoms with Gasteiger partial charge in [0.1, 0.15) is 0 Å². The first-order valence-corrected chi connectivity index (χ1v) is 9.31. The molecule has 0 aliphatic carbocycles. The van der Waals surface area contributed by atoms with Crippen LogP contribution in [0.15, 0.2) is 48.5 Å². The second-order valence-corrected chi connectivity index (χ2v) is 7.48. The predicted octanol–water partition coefficient (Wildman–Crippen LogP) is 3.36. The van der Waals surface area contributed by atoms with Gasteiger partial charge in [-0.25, -0.2) is 0 Å². The summed E-state index contributed by atoms with van der Waals surface area (Å²) in [6, 6.07) is 14.6. The number of fused-ring (bicyclic) bond motifs is 1. The van der Waals surface area contributed by atoms with E-state index in [1.165, 1.54) is 0 Å². The predicted molar refractivity (Wildman–Crippen MR) is 107 cm³/mol. The minimum atomic E-state index is -0.995. The van der Waals surface area contributed by atoms with Gasteiger partial charge in [-0.15, -0.1) is 0 Å². The Morgan fingerprint density at radius 3 is 2.43 bits per heavy atom. The first-order valence-electron chi connectivity index (χ1n) is 9.31. The Morgan fingerprint density at radius 1 is 1.07 bits per heavy atom. The van der Waals surface area contributed by atoms with Crippen LogP contribution in [0.3, 0.4) is 0 Å². The highest BCUT2D eigenvalue weighted by Gasteiger charge is 2.29. The fourth-order valence-corrected chi connectivity index (χ4v) is 3.27. The molecule has 6 nitrogen and oxygen atoms in total. The summed E-state index contributed by atoms with van der Waals surface area (Å²) in [5, 5.41) is 12.1. The molecule has 146 valence electrons. The van der Waals surface area contributed by atoms with Gasteiger partial charge in [-0.2, -0.15) is 0 Å². The SMILES string of the molecule is CC(C)(C(=O)O)c1ccc(NC(=O)CCN2C(=O)CCc3ccccc32)cc1. The Balaban J connectivity index is 1.61. The van der Waals surface area contributed by atoms with Gasteiger partial charge in [0, 0.05) is 30.8 Å². The van der Waals surface area contributed by atoms with E-state index in [0.29, 0.717) is 24.2 Å². The zero-order chi connectivity index (χ0) is 20.3. The van der Waals surface area contributed by atoms with Gasteiger partial charge in [0.2, 0.25) is 11.8 Å². The second-order valence-electron chi connectivity index (χ2n) is 7.48. The van der Waals surface area contributed by atoms with Crippen LogP contribution in [0.4, 0.5) is 11.4 Å². The molecule has 0 saturated carbocycles. The number of amides is 2. The summed E-state index contributed by atoms with van der Waals surface area (Å²) in [5.74, 6) is -1.07.